The van der Waals surface area contributed by atoms with E-state index < -0.39 is 97.5 Å². The normalized spacial score (nSPS) is 14.3. The van der Waals surface area contributed by atoms with Gasteiger partial charge in [-0.15, -0.1) is 0 Å². The zero-order chi connectivity index (χ0) is 59.2. The highest BCUT2D eigenvalue weighted by Gasteiger charge is 2.30. The Hall–Kier alpha value is -1.94. The lowest BCUT2D eigenvalue weighted by Crippen LogP contribution is -2.30. The molecule has 0 aliphatic heterocycles. The molecular weight excluding hydrogens is 1070 g/mol. The van der Waals surface area contributed by atoms with Crippen LogP contribution in [0.3, 0.4) is 0 Å². The van der Waals surface area contributed by atoms with Crippen LogP contribution in [0.25, 0.3) is 0 Å². The van der Waals surface area contributed by atoms with Crippen molar-refractivity contribution in [2.24, 2.45) is 5.92 Å². The Labute approximate surface area is 486 Å². The number of carbonyl (C=O) groups is 4. The maximum Gasteiger partial charge on any atom is 0.472 e. The van der Waals surface area contributed by atoms with Crippen molar-refractivity contribution < 1.29 is 80.2 Å². The molecule has 0 fully saturated rings. The molecule has 0 spiro atoms. The molecule has 0 bridgehead atoms. The Morgan fingerprint density at radius 2 is 0.575 bits per heavy atom. The standard InChI is InChI=1S/C61H118O17P2/c1-6-9-12-15-18-20-22-24-26-29-35-40-45-59(64)72-51-56(77-60(65)46-41-36-30-27-25-23-21-19-16-13-10-7-2)52-75-79(67,68)73-48-55(62)49-74-80(69,70)76-53-57(50-71-58(63)44-39-34-28-17-14-11-8-3)78-61(66)47-42-37-32-31-33-38-43-54(4)5/h54-57,62H,6-53H2,1-5H3,(H,67,68)(H,69,70)/t55-,56-,57-/m1/s1. The Kier molecular flexibility index (Phi) is 53.6. The summed E-state index contributed by atoms with van der Waals surface area (Å²) in [6.07, 6.45) is 37.7. The van der Waals surface area contributed by atoms with E-state index in [1.807, 2.05) is 0 Å². The molecule has 2 unspecified atom stereocenters. The number of aliphatic hydroxyl groups excluding tert-OH is 1. The molecule has 3 N–H and O–H groups in total. The minimum absolute atomic E-state index is 0.102. The molecule has 5 atom stereocenters. The molecule has 19 heteroatoms. The number of esters is 4. The van der Waals surface area contributed by atoms with Crippen LogP contribution in [0.1, 0.15) is 304 Å². The first-order valence-electron chi connectivity index (χ1n) is 32.1. The minimum atomic E-state index is -4.94. The van der Waals surface area contributed by atoms with Crippen molar-refractivity contribution in [1.82, 2.24) is 0 Å². The quantitative estimate of drug-likeness (QED) is 0.0222. The summed E-state index contributed by atoms with van der Waals surface area (Å²) in [5.41, 5.74) is 0. The molecule has 0 aromatic heterocycles. The third kappa shape index (κ3) is 55.3. The van der Waals surface area contributed by atoms with Gasteiger partial charge < -0.3 is 33.8 Å². The maximum atomic E-state index is 12.9. The largest absolute Gasteiger partial charge is 0.472 e. The van der Waals surface area contributed by atoms with Crippen LogP contribution in [-0.2, 0) is 65.4 Å². The number of hydrogen-bond acceptors (Lipinski definition) is 15. The van der Waals surface area contributed by atoms with Crippen molar-refractivity contribution in [2.75, 3.05) is 39.6 Å². The number of phosphoric acid groups is 2. The summed E-state index contributed by atoms with van der Waals surface area (Å²) in [6, 6.07) is 0. The first-order chi connectivity index (χ1) is 38.5. The van der Waals surface area contributed by atoms with Gasteiger partial charge in [0.15, 0.2) is 12.2 Å². The van der Waals surface area contributed by atoms with Crippen molar-refractivity contribution in [3.8, 4) is 0 Å². The molecule has 0 radical (unpaired) electrons. The summed E-state index contributed by atoms with van der Waals surface area (Å²) in [5, 5.41) is 10.5. The van der Waals surface area contributed by atoms with Gasteiger partial charge in [0.2, 0.25) is 0 Å². The lowest BCUT2D eigenvalue weighted by Gasteiger charge is -2.21. The monoisotopic (exact) mass is 1180 g/mol. The van der Waals surface area contributed by atoms with Crippen LogP contribution in [0.4, 0.5) is 0 Å². The summed E-state index contributed by atoms with van der Waals surface area (Å²) < 4.78 is 67.7. The van der Waals surface area contributed by atoms with Gasteiger partial charge in [0.05, 0.1) is 26.4 Å². The van der Waals surface area contributed by atoms with E-state index in [4.69, 9.17) is 37.0 Å². The van der Waals surface area contributed by atoms with Crippen LogP contribution < -0.4 is 0 Å². The van der Waals surface area contributed by atoms with Gasteiger partial charge in [-0.2, -0.15) is 0 Å². The fourth-order valence-electron chi connectivity index (χ4n) is 9.05. The fraction of sp³-hybridized carbons (Fsp3) is 0.934. The Morgan fingerprint density at radius 1 is 0.338 bits per heavy atom. The number of hydrogen-bond donors (Lipinski definition) is 3. The lowest BCUT2D eigenvalue weighted by atomic mass is 10.0. The van der Waals surface area contributed by atoms with Crippen molar-refractivity contribution in [1.29, 1.82) is 0 Å². The number of phosphoric ester groups is 2. The Bertz CT molecular complexity index is 1570. The molecule has 0 amide bonds. The Morgan fingerprint density at radius 3 is 0.850 bits per heavy atom. The number of carbonyl (C=O) groups excluding carboxylic acids is 4. The predicted molar refractivity (Wildman–Crippen MR) is 317 cm³/mol. The van der Waals surface area contributed by atoms with Gasteiger partial charge in [-0.05, 0) is 31.6 Å². The average molecular weight is 1190 g/mol. The maximum absolute atomic E-state index is 12.9. The first-order valence-corrected chi connectivity index (χ1v) is 35.1. The molecule has 80 heavy (non-hydrogen) atoms. The van der Waals surface area contributed by atoms with Crippen LogP contribution in [-0.4, -0.2) is 96.7 Å². The van der Waals surface area contributed by atoms with Crippen molar-refractivity contribution in [2.45, 2.75) is 323 Å². The van der Waals surface area contributed by atoms with Crippen molar-refractivity contribution >= 4 is 39.5 Å². The van der Waals surface area contributed by atoms with E-state index in [9.17, 15) is 43.2 Å². The highest BCUT2D eigenvalue weighted by atomic mass is 31.2. The third-order valence-corrected chi connectivity index (χ3v) is 15.9. The van der Waals surface area contributed by atoms with Gasteiger partial charge in [0, 0.05) is 25.7 Å². The van der Waals surface area contributed by atoms with Crippen LogP contribution >= 0.6 is 15.6 Å². The molecule has 0 aromatic carbocycles. The van der Waals surface area contributed by atoms with E-state index >= 15 is 0 Å². The summed E-state index contributed by atoms with van der Waals surface area (Å²) in [5.74, 6) is -1.47. The molecule has 0 heterocycles. The summed E-state index contributed by atoms with van der Waals surface area (Å²) in [4.78, 5) is 71.9. The molecule has 17 nitrogen and oxygen atoms in total. The first kappa shape index (κ1) is 78.1. The van der Waals surface area contributed by atoms with E-state index in [1.54, 1.807) is 0 Å². The van der Waals surface area contributed by atoms with E-state index in [-0.39, 0.29) is 25.7 Å². The summed E-state index contributed by atoms with van der Waals surface area (Å²) in [6.45, 7) is 7.04. The smallest absolute Gasteiger partial charge is 0.462 e. The van der Waals surface area contributed by atoms with Gasteiger partial charge in [0.1, 0.15) is 19.3 Å². The van der Waals surface area contributed by atoms with E-state index in [1.165, 1.54) is 116 Å². The van der Waals surface area contributed by atoms with E-state index in [0.717, 1.165) is 103 Å². The molecule has 0 saturated carbocycles. The molecule has 0 aromatic rings. The van der Waals surface area contributed by atoms with Crippen LogP contribution in [0.2, 0.25) is 0 Å². The third-order valence-electron chi connectivity index (χ3n) is 14.0. The van der Waals surface area contributed by atoms with Gasteiger partial charge >= 0.3 is 39.5 Å². The van der Waals surface area contributed by atoms with Crippen molar-refractivity contribution in [3.63, 3.8) is 0 Å². The van der Waals surface area contributed by atoms with Crippen LogP contribution in [0.15, 0.2) is 0 Å². The zero-order valence-electron chi connectivity index (χ0n) is 51.2. The fourth-order valence-corrected chi connectivity index (χ4v) is 10.6. The second-order valence-electron chi connectivity index (χ2n) is 22.6. The minimum Gasteiger partial charge on any atom is -0.462 e. The van der Waals surface area contributed by atoms with Gasteiger partial charge in [0.25, 0.3) is 0 Å². The molecule has 0 rings (SSSR count). The number of unbranched alkanes of at least 4 members (excludes halogenated alkanes) is 33. The summed E-state index contributed by atoms with van der Waals surface area (Å²) >= 11 is 0. The van der Waals surface area contributed by atoms with Gasteiger partial charge in [-0.25, -0.2) is 9.13 Å². The van der Waals surface area contributed by atoms with Crippen LogP contribution in [0.5, 0.6) is 0 Å². The topological polar surface area (TPSA) is 237 Å². The van der Waals surface area contributed by atoms with E-state index in [0.29, 0.717) is 31.6 Å². The SMILES string of the molecule is CCCCCCCCCCCCCCC(=O)OC[C@H](COP(=O)(O)OC[C@@H](O)COP(=O)(O)OC[C@@H](COC(=O)CCCCCCCCC)OC(=O)CCCCCCCCC(C)C)OC(=O)CCCCCCCCCCCCCC. The second kappa shape index (κ2) is 55.0. The predicted octanol–water partition coefficient (Wildman–Crippen LogP) is 16.6. The van der Waals surface area contributed by atoms with E-state index in [2.05, 4.69) is 34.6 Å². The molecular formula is C61H118O17P2. The molecule has 474 valence electrons. The lowest BCUT2D eigenvalue weighted by molar-refractivity contribution is -0.161. The highest BCUT2D eigenvalue weighted by molar-refractivity contribution is 7.47. The Balaban J connectivity index is 5.21. The number of rotatable bonds is 61. The highest BCUT2D eigenvalue weighted by Crippen LogP contribution is 2.45. The average Bonchev–Trinajstić information content (AvgIpc) is 3.42. The molecule has 0 aliphatic carbocycles. The van der Waals surface area contributed by atoms with Crippen LogP contribution in [0, 0.1) is 5.92 Å². The van der Waals surface area contributed by atoms with Gasteiger partial charge in [-0.1, -0.05) is 253 Å². The number of aliphatic hydroxyl groups is 1. The second-order valence-corrected chi connectivity index (χ2v) is 25.5. The number of ether oxygens (including phenoxy) is 4. The van der Waals surface area contributed by atoms with Crippen molar-refractivity contribution in [3.05, 3.63) is 0 Å². The zero-order valence-corrected chi connectivity index (χ0v) is 53.0. The molecule has 0 aliphatic rings. The summed E-state index contributed by atoms with van der Waals surface area (Å²) in [7, 11) is -9.87. The molecule has 0 saturated heterocycles. The van der Waals surface area contributed by atoms with Gasteiger partial charge in [-0.3, -0.25) is 37.3 Å².